The van der Waals surface area contributed by atoms with Gasteiger partial charge in [-0.1, -0.05) is 53.5 Å². The standard InChI is InChI=1S/C29H29Cl2N3O4S/c1-38-17-23(35)34-26(19-6-10-21(31)11-7-19)25(28(36)22-3-2-16-39-22)24(18-4-8-20(30)9-5-18)27(34)29(37)33-14-12-32-13-15-33/h2-11,16,24-27,32H,12-15,17H2,1H3. The quantitative estimate of drug-likeness (QED) is 0.408. The highest BCUT2D eigenvalue weighted by molar-refractivity contribution is 7.12. The number of Topliss-reactive ketones (excluding diaryl/α,β-unsaturated/α-hetero) is 1. The Labute approximate surface area is 241 Å². The number of benzene rings is 2. The van der Waals surface area contributed by atoms with E-state index in [1.54, 1.807) is 40.1 Å². The number of halogens is 2. The highest BCUT2D eigenvalue weighted by Gasteiger charge is 2.58. The number of thiophene rings is 1. The first-order valence-electron chi connectivity index (χ1n) is 12.8. The maximum absolute atomic E-state index is 14.4. The van der Waals surface area contributed by atoms with Gasteiger partial charge >= 0.3 is 0 Å². The van der Waals surface area contributed by atoms with Gasteiger partial charge in [-0.2, -0.15) is 0 Å². The van der Waals surface area contributed by atoms with Gasteiger partial charge in [0.2, 0.25) is 11.8 Å². The number of nitrogens with zero attached hydrogens (tertiary/aromatic N) is 2. The van der Waals surface area contributed by atoms with Crippen molar-refractivity contribution in [2.45, 2.75) is 18.0 Å². The van der Waals surface area contributed by atoms with Crippen molar-refractivity contribution in [3.63, 3.8) is 0 Å². The van der Waals surface area contributed by atoms with E-state index in [1.165, 1.54) is 18.4 Å². The minimum Gasteiger partial charge on any atom is -0.375 e. The van der Waals surface area contributed by atoms with Crippen molar-refractivity contribution >= 4 is 52.1 Å². The molecule has 2 aliphatic heterocycles. The predicted molar refractivity (Wildman–Crippen MR) is 152 cm³/mol. The molecular weight excluding hydrogens is 557 g/mol. The van der Waals surface area contributed by atoms with Gasteiger partial charge < -0.3 is 19.9 Å². The molecule has 4 atom stereocenters. The van der Waals surface area contributed by atoms with E-state index >= 15 is 0 Å². The van der Waals surface area contributed by atoms with Crippen LogP contribution < -0.4 is 5.32 Å². The zero-order chi connectivity index (χ0) is 27.5. The fourth-order valence-electron chi connectivity index (χ4n) is 5.76. The average Bonchev–Trinajstić information content (AvgIpc) is 3.61. The second kappa shape index (κ2) is 12.2. The van der Waals surface area contributed by atoms with E-state index in [-0.39, 0.29) is 24.2 Å². The van der Waals surface area contributed by atoms with Gasteiger partial charge in [0.15, 0.2) is 5.78 Å². The Hall–Kier alpha value is -2.75. The van der Waals surface area contributed by atoms with Crippen molar-refractivity contribution < 1.29 is 19.1 Å². The van der Waals surface area contributed by atoms with E-state index in [4.69, 9.17) is 27.9 Å². The Morgan fingerprint density at radius 1 is 0.949 bits per heavy atom. The van der Waals surface area contributed by atoms with Crippen LogP contribution in [0.2, 0.25) is 10.0 Å². The van der Waals surface area contributed by atoms with Crippen LogP contribution in [0.1, 0.15) is 32.8 Å². The summed E-state index contributed by atoms with van der Waals surface area (Å²) in [5.41, 5.74) is 1.50. The summed E-state index contributed by atoms with van der Waals surface area (Å²) in [4.78, 5) is 46.5. The fraction of sp³-hybridized carbons (Fsp3) is 0.345. The van der Waals surface area contributed by atoms with Gasteiger partial charge in [-0.05, 0) is 46.8 Å². The summed E-state index contributed by atoms with van der Waals surface area (Å²) in [5.74, 6) is -1.99. The SMILES string of the molecule is COCC(=O)N1C(C(=O)N2CCNCC2)C(c2ccc(Cl)cc2)C(C(=O)c2cccs2)C1c1ccc(Cl)cc1. The van der Waals surface area contributed by atoms with E-state index < -0.39 is 23.9 Å². The minimum atomic E-state index is -0.915. The lowest BCUT2D eigenvalue weighted by molar-refractivity contribution is -0.148. The Kier molecular flexibility index (Phi) is 8.69. The van der Waals surface area contributed by atoms with E-state index in [2.05, 4.69) is 5.32 Å². The molecule has 0 radical (unpaired) electrons. The number of ether oxygens (including phenoxy) is 1. The van der Waals surface area contributed by atoms with E-state index in [9.17, 15) is 14.4 Å². The van der Waals surface area contributed by atoms with Gasteiger partial charge in [-0.3, -0.25) is 14.4 Å². The van der Waals surface area contributed by atoms with E-state index in [0.29, 0.717) is 41.1 Å². The summed E-state index contributed by atoms with van der Waals surface area (Å²) >= 11 is 13.8. The van der Waals surface area contributed by atoms with Gasteiger partial charge in [0.1, 0.15) is 12.6 Å². The highest BCUT2D eigenvalue weighted by atomic mass is 35.5. The second-order valence-corrected chi connectivity index (χ2v) is 11.5. The average molecular weight is 587 g/mol. The van der Waals surface area contributed by atoms with Gasteiger partial charge in [-0.25, -0.2) is 0 Å². The molecule has 7 nitrogen and oxygen atoms in total. The number of ketones is 1. The molecule has 2 fully saturated rings. The van der Waals surface area contributed by atoms with Gasteiger partial charge in [0.25, 0.3) is 0 Å². The molecule has 2 saturated heterocycles. The molecule has 2 amide bonds. The summed E-state index contributed by atoms with van der Waals surface area (Å²) in [5, 5.41) is 6.21. The van der Waals surface area contributed by atoms with Crippen LogP contribution in [-0.4, -0.2) is 73.3 Å². The number of nitrogens with one attached hydrogen (secondary N) is 1. The van der Waals surface area contributed by atoms with Crippen molar-refractivity contribution in [1.82, 2.24) is 15.1 Å². The number of rotatable bonds is 7. The lowest BCUT2D eigenvalue weighted by Crippen LogP contribution is -2.55. The van der Waals surface area contributed by atoms with Crippen LogP contribution in [0.3, 0.4) is 0 Å². The molecule has 1 aromatic heterocycles. The number of likely N-dealkylation sites (tertiary alicyclic amines) is 1. The van der Waals surface area contributed by atoms with Crippen LogP contribution in [0.5, 0.6) is 0 Å². The van der Waals surface area contributed by atoms with Crippen molar-refractivity contribution in [3.05, 3.63) is 92.1 Å². The Balaban J connectivity index is 1.74. The Bertz CT molecular complexity index is 1310. The predicted octanol–water partition coefficient (Wildman–Crippen LogP) is 4.67. The smallest absolute Gasteiger partial charge is 0.249 e. The first-order chi connectivity index (χ1) is 18.9. The summed E-state index contributed by atoms with van der Waals surface area (Å²) in [6.45, 7) is 2.14. The number of piperazine rings is 1. The molecule has 0 aliphatic carbocycles. The first-order valence-corrected chi connectivity index (χ1v) is 14.4. The number of hydrogen-bond acceptors (Lipinski definition) is 6. The zero-order valence-corrected chi connectivity index (χ0v) is 23.7. The van der Waals surface area contributed by atoms with Crippen LogP contribution >= 0.6 is 34.5 Å². The van der Waals surface area contributed by atoms with Crippen molar-refractivity contribution in [2.24, 2.45) is 5.92 Å². The van der Waals surface area contributed by atoms with Gasteiger partial charge in [-0.15, -0.1) is 11.3 Å². The molecule has 2 aliphatic rings. The molecule has 0 saturated carbocycles. The third-order valence-electron chi connectivity index (χ3n) is 7.44. The second-order valence-electron chi connectivity index (χ2n) is 9.70. The topological polar surface area (TPSA) is 79.0 Å². The normalized spacial score (nSPS) is 23.2. The van der Waals surface area contributed by atoms with Gasteiger partial charge in [0, 0.05) is 49.3 Å². The van der Waals surface area contributed by atoms with Crippen LogP contribution in [-0.2, 0) is 14.3 Å². The van der Waals surface area contributed by atoms with Crippen LogP contribution in [0.15, 0.2) is 66.0 Å². The van der Waals surface area contributed by atoms with Crippen molar-refractivity contribution in [1.29, 1.82) is 0 Å². The lowest BCUT2D eigenvalue weighted by atomic mass is 9.77. The molecule has 10 heteroatoms. The van der Waals surface area contributed by atoms with E-state index in [0.717, 1.165) is 11.1 Å². The molecule has 204 valence electrons. The maximum atomic E-state index is 14.4. The summed E-state index contributed by atoms with van der Waals surface area (Å²) in [6, 6.07) is 16.3. The summed E-state index contributed by atoms with van der Waals surface area (Å²) in [7, 11) is 1.45. The lowest BCUT2D eigenvalue weighted by Gasteiger charge is -2.36. The fourth-order valence-corrected chi connectivity index (χ4v) is 6.72. The number of methoxy groups -OCH3 is 1. The third kappa shape index (κ3) is 5.62. The molecule has 1 N–H and O–H groups in total. The molecule has 39 heavy (non-hydrogen) atoms. The number of carbonyl (C=O) groups is 3. The molecule has 3 heterocycles. The monoisotopic (exact) mass is 585 g/mol. The highest BCUT2D eigenvalue weighted by Crippen LogP contribution is 2.52. The molecule has 0 bridgehead atoms. The first kappa shape index (κ1) is 27.8. The largest absolute Gasteiger partial charge is 0.375 e. The minimum absolute atomic E-state index is 0.115. The maximum Gasteiger partial charge on any atom is 0.249 e. The molecule has 0 spiro atoms. The van der Waals surface area contributed by atoms with E-state index in [1.807, 2.05) is 35.7 Å². The Morgan fingerprint density at radius 3 is 2.13 bits per heavy atom. The number of carbonyl (C=O) groups excluding carboxylic acids is 3. The molecule has 5 rings (SSSR count). The third-order valence-corrected chi connectivity index (χ3v) is 8.83. The number of hydrogen-bond donors (Lipinski definition) is 1. The van der Waals surface area contributed by atoms with Crippen molar-refractivity contribution in [3.8, 4) is 0 Å². The summed E-state index contributed by atoms with van der Waals surface area (Å²) < 4.78 is 5.27. The Morgan fingerprint density at radius 2 is 1.56 bits per heavy atom. The van der Waals surface area contributed by atoms with Crippen LogP contribution in [0, 0.1) is 5.92 Å². The zero-order valence-electron chi connectivity index (χ0n) is 21.4. The number of amides is 2. The molecule has 4 unspecified atom stereocenters. The molecule has 3 aromatic rings. The molecule has 2 aromatic carbocycles. The molecular formula is C29H29Cl2N3O4S. The summed E-state index contributed by atoms with van der Waals surface area (Å²) in [6.07, 6.45) is 0. The van der Waals surface area contributed by atoms with Crippen LogP contribution in [0.4, 0.5) is 0 Å². The van der Waals surface area contributed by atoms with Crippen LogP contribution in [0.25, 0.3) is 0 Å². The van der Waals surface area contributed by atoms with Crippen molar-refractivity contribution in [2.75, 3.05) is 39.9 Å². The van der Waals surface area contributed by atoms with Gasteiger partial charge in [0.05, 0.1) is 16.8 Å².